The first-order valence-electron chi connectivity index (χ1n) is 8.18. The van der Waals surface area contributed by atoms with Gasteiger partial charge in [0, 0.05) is 10.6 Å². The van der Waals surface area contributed by atoms with Gasteiger partial charge in [0.2, 0.25) is 0 Å². The highest BCUT2D eigenvalue weighted by Crippen LogP contribution is 2.31. The van der Waals surface area contributed by atoms with Gasteiger partial charge in [0.1, 0.15) is 0 Å². The molecule has 6 heteroatoms. The molecule has 0 saturated heterocycles. The number of anilines is 1. The fourth-order valence-corrected chi connectivity index (χ4v) is 3.75. The number of hydrogen-bond donors (Lipinski definition) is 1. The molecule has 4 nitrogen and oxygen atoms in total. The van der Waals surface area contributed by atoms with Crippen LogP contribution in [0, 0.1) is 6.92 Å². The van der Waals surface area contributed by atoms with Gasteiger partial charge < -0.3 is 4.90 Å². The molecule has 3 aromatic rings. The van der Waals surface area contributed by atoms with E-state index in [1.807, 2.05) is 25.1 Å². The SMILES string of the molecule is Cc1cccc2sc(N(CC[NH+](C)C)C(=O)c3ccc(Cl)cc3)nc12. The summed E-state index contributed by atoms with van der Waals surface area (Å²) in [4.78, 5) is 20.9. The van der Waals surface area contributed by atoms with Crippen molar-refractivity contribution in [2.45, 2.75) is 6.92 Å². The van der Waals surface area contributed by atoms with Gasteiger partial charge in [-0.05, 0) is 42.8 Å². The van der Waals surface area contributed by atoms with E-state index in [1.165, 1.54) is 4.90 Å². The van der Waals surface area contributed by atoms with Gasteiger partial charge in [0.25, 0.3) is 5.91 Å². The van der Waals surface area contributed by atoms with Crippen molar-refractivity contribution < 1.29 is 9.69 Å². The van der Waals surface area contributed by atoms with Crippen molar-refractivity contribution in [1.82, 2.24) is 4.98 Å². The zero-order valence-electron chi connectivity index (χ0n) is 14.5. The standard InChI is InChI=1S/C19H20ClN3OS/c1-13-5-4-6-16-17(13)21-19(25-16)23(12-11-22(2)3)18(24)14-7-9-15(20)10-8-14/h4-10H,11-12H2,1-3H3/p+1. The molecule has 2 aromatic carbocycles. The number of carbonyl (C=O) groups is 1. The van der Waals surface area contributed by atoms with Crippen molar-refractivity contribution in [3.05, 3.63) is 58.6 Å². The molecule has 1 aromatic heterocycles. The second-order valence-corrected chi connectivity index (χ2v) is 7.78. The summed E-state index contributed by atoms with van der Waals surface area (Å²) < 4.78 is 1.10. The number of halogens is 1. The number of fused-ring (bicyclic) bond motifs is 1. The fraction of sp³-hybridized carbons (Fsp3) is 0.263. The van der Waals surface area contributed by atoms with E-state index in [-0.39, 0.29) is 5.91 Å². The molecule has 1 heterocycles. The Balaban J connectivity index is 1.99. The molecule has 0 saturated carbocycles. The quantitative estimate of drug-likeness (QED) is 0.745. The van der Waals surface area contributed by atoms with E-state index in [0.717, 1.165) is 27.5 Å². The van der Waals surface area contributed by atoms with Crippen LogP contribution < -0.4 is 9.80 Å². The Labute approximate surface area is 156 Å². The summed E-state index contributed by atoms with van der Waals surface area (Å²) in [5.41, 5.74) is 2.71. The van der Waals surface area contributed by atoms with Crippen LogP contribution in [0.5, 0.6) is 0 Å². The maximum Gasteiger partial charge on any atom is 0.260 e. The van der Waals surface area contributed by atoms with Crippen molar-refractivity contribution in [3.8, 4) is 0 Å². The summed E-state index contributed by atoms with van der Waals surface area (Å²) in [6, 6.07) is 13.1. The highest BCUT2D eigenvalue weighted by atomic mass is 35.5. The zero-order chi connectivity index (χ0) is 18.0. The lowest BCUT2D eigenvalue weighted by Crippen LogP contribution is -3.06. The Morgan fingerprint density at radius 2 is 1.92 bits per heavy atom. The van der Waals surface area contributed by atoms with E-state index in [0.29, 0.717) is 17.1 Å². The number of rotatable bonds is 5. The van der Waals surface area contributed by atoms with Gasteiger partial charge >= 0.3 is 0 Å². The molecule has 0 spiro atoms. The molecule has 0 aliphatic carbocycles. The molecule has 1 N–H and O–H groups in total. The first kappa shape index (κ1) is 17.9. The van der Waals surface area contributed by atoms with Gasteiger partial charge in [-0.1, -0.05) is 35.1 Å². The van der Waals surface area contributed by atoms with Crippen molar-refractivity contribution in [2.75, 3.05) is 32.1 Å². The number of quaternary nitrogens is 1. The second kappa shape index (κ2) is 7.52. The maximum absolute atomic E-state index is 13.1. The van der Waals surface area contributed by atoms with Crippen LogP contribution >= 0.6 is 22.9 Å². The Kier molecular flexibility index (Phi) is 5.37. The molecule has 0 fully saturated rings. The van der Waals surface area contributed by atoms with Crippen LogP contribution in [0.1, 0.15) is 15.9 Å². The first-order valence-corrected chi connectivity index (χ1v) is 9.38. The van der Waals surface area contributed by atoms with E-state index < -0.39 is 0 Å². The lowest BCUT2D eigenvalue weighted by atomic mass is 10.2. The Hall–Kier alpha value is -1.95. The lowest BCUT2D eigenvalue weighted by molar-refractivity contribution is -0.856. The number of carbonyl (C=O) groups excluding carboxylic acids is 1. The van der Waals surface area contributed by atoms with Gasteiger partial charge in [-0.25, -0.2) is 4.98 Å². The van der Waals surface area contributed by atoms with Crippen molar-refractivity contribution >= 4 is 44.2 Å². The number of likely N-dealkylation sites (N-methyl/N-ethyl adjacent to an activating group) is 1. The summed E-state index contributed by atoms with van der Waals surface area (Å²) in [6.45, 7) is 3.50. The zero-order valence-corrected chi connectivity index (χ0v) is 16.1. The van der Waals surface area contributed by atoms with E-state index >= 15 is 0 Å². The van der Waals surface area contributed by atoms with Gasteiger partial charge in [-0.15, -0.1) is 0 Å². The number of hydrogen-bond acceptors (Lipinski definition) is 3. The summed E-state index contributed by atoms with van der Waals surface area (Å²) in [5.74, 6) is -0.0466. The van der Waals surface area contributed by atoms with Crippen LogP contribution in [0.3, 0.4) is 0 Å². The molecule has 0 aliphatic heterocycles. The lowest BCUT2D eigenvalue weighted by Gasteiger charge is -2.20. The van der Waals surface area contributed by atoms with Gasteiger partial charge in [0.05, 0.1) is 37.4 Å². The molecular formula is C19H21ClN3OS+. The van der Waals surface area contributed by atoms with Crippen molar-refractivity contribution in [2.24, 2.45) is 0 Å². The Morgan fingerprint density at radius 1 is 1.20 bits per heavy atom. The summed E-state index contributed by atoms with van der Waals surface area (Å²) in [7, 11) is 4.15. The largest absolute Gasteiger partial charge is 0.338 e. The van der Waals surface area contributed by atoms with Gasteiger partial charge in [-0.2, -0.15) is 0 Å². The van der Waals surface area contributed by atoms with Crippen molar-refractivity contribution in [3.63, 3.8) is 0 Å². The minimum absolute atomic E-state index is 0.0466. The van der Waals surface area contributed by atoms with Gasteiger partial charge in [0.15, 0.2) is 5.13 Å². The van der Waals surface area contributed by atoms with E-state index in [9.17, 15) is 4.79 Å². The monoisotopic (exact) mass is 374 g/mol. The molecule has 0 bridgehead atoms. The van der Waals surface area contributed by atoms with Crippen molar-refractivity contribution in [1.29, 1.82) is 0 Å². The second-order valence-electron chi connectivity index (χ2n) is 6.34. The highest BCUT2D eigenvalue weighted by molar-refractivity contribution is 7.22. The molecule has 0 atom stereocenters. The Bertz CT molecular complexity index is 889. The first-order chi connectivity index (χ1) is 12.0. The van der Waals surface area contributed by atoms with Crippen LogP contribution in [0.2, 0.25) is 5.02 Å². The van der Waals surface area contributed by atoms with Crippen LogP contribution in [-0.2, 0) is 0 Å². The summed E-state index contributed by atoms with van der Waals surface area (Å²) >= 11 is 7.50. The number of benzene rings is 2. The average Bonchev–Trinajstić information content (AvgIpc) is 3.00. The average molecular weight is 375 g/mol. The normalized spacial score (nSPS) is 11.2. The molecule has 1 amide bonds. The minimum atomic E-state index is -0.0466. The third-order valence-corrected chi connectivity index (χ3v) is 5.31. The summed E-state index contributed by atoms with van der Waals surface area (Å²) in [6.07, 6.45) is 0. The molecule has 25 heavy (non-hydrogen) atoms. The highest BCUT2D eigenvalue weighted by Gasteiger charge is 2.22. The van der Waals surface area contributed by atoms with E-state index in [1.54, 1.807) is 40.5 Å². The number of amides is 1. The molecular weight excluding hydrogens is 354 g/mol. The minimum Gasteiger partial charge on any atom is -0.338 e. The number of aromatic nitrogens is 1. The number of nitrogens with one attached hydrogen (secondary N) is 1. The third kappa shape index (κ3) is 4.00. The predicted octanol–water partition coefficient (Wildman–Crippen LogP) is 3.05. The van der Waals surface area contributed by atoms with Crippen LogP contribution in [0.25, 0.3) is 10.2 Å². The number of nitrogens with zero attached hydrogens (tertiary/aromatic N) is 2. The Morgan fingerprint density at radius 3 is 2.56 bits per heavy atom. The van der Waals surface area contributed by atoms with Crippen LogP contribution in [0.4, 0.5) is 5.13 Å². The number of aryl methyl sites for hydroxylation is 1. The predicted molar refractivity (Wildman–Crippen MR) is 105 cm³/mol. The molecule has 0 radical (unpaired) electrons. The topological polar surface area (TPSA) is 37.6 Å². The molecule has 130 valence electrons. The fourth-order valence-electron chi connectivity index (χ4n) is 2.56. The van der Waals surface area contributed by atoms with Crippen LogP contribution in [0.15, 0.2) is 42.5 Å². The maximum atomic E-state index is 13.1. The summed E-state index contributed by atoms with van der Waals surface area (Å²) in [5, 5.41) is 1.36. The van der Waals surface area contributed by atoms with Gasteiger partial charge in [-0.3, -0.25) is 9.69 Å². The molecule has 0 unspecified atom stereocenters. The van der Waals surface area contributed by atoms with E-state index in [2.05, 4.69) is 14.1 Å². The number of para-hydroxylation sites is 1. The molecule has 3 rings (SSSR count). The van der Waals surface area contributed by atoms with Crippen LogP contribution in [-0.4, -0.2) is 38.1 Å². The number of thiazole rings is 1. The van der Waals surface area contributed by atoms with E-state index in [4.69, 9.17) is 16.6 Å². The third-order valence-electron chi connectivity index (χ3n) is 4.01. The smallest absolute Gasteiger partial charge is 0.260 e. The molecule has 0 aliphatic rings.